The fourth-order valence-electron chi connectivity index (χ4n) is 8.87. The molecule has 0 aromatic heterocycles. The monoisotopic (exact) mass is 765 g/mol. The van der Waals surface area contributed by atoms with Gasteiger partial charge in [0.15, 0.2) is 0 Å². The summed E-state index contributed by atoms with van der Waals surface area (Å²) in [5.74, 6) is 1.78. The van der Waals surface area contributed by atoms with Crippen molar-refractivity contribution in [2.75, 3.05) is 4.90 Å². The lowest BCUT2D eigenvalue weighted by atomic mass is 9.88. The minimum absolute atomic E-state index is 0.877. The molecule has 2 nitrogen and oxygen atoms in total. The highest BCUT2D eigenvalue weighted by atomic mass is 16.5. The largest absolute Gasteiger partial charge is 0.456 e. The van der Waals surface area contributed by atoms with Crippen LogP contribution in [0.3, 0.4) is 0 Å². The Morgan fingerprint density at radius 3 is 1.53 bits per heavy atom. The third kappa shape index (κ3) is 6.32. The molecular formula is C58H39NO. The molecule has 282 valence electrons. The van der Waals surface area contributed by atoms with Crippen LogP contribution in [-0.4, -0.2) is 0 Å². The van der Waals surface area contributed by atoms with Crippen LogP contribution in [0.2, 0.25) is 0 Å². The average Bonchev–Trinajstić information content (AvgIpc) is 3.33. The van der Waals surface area contributed by atoms with E-state index in [1.165, 1.54) is 49.9 Å². The van der Waals surface area contributed by atoms with Crippen molar-refractivity contribution < 1.29 is 4.74 Å². The zero-order chi connectivity index (χ0) is 39.8. The van der Waals surface area contributed by atoms with E-state index in [1.54, 1.807) is 0 Å². The molecule has 1 aliphatic rings. The number of anilines is 3. The molecule has 1 aliphatic heterocycles. The predicted octanol–water partition coefficient (Wildman–Crippen LogP) is 16.4. The van der Waals surface area contributed by atoms with Crippen molar-refractivity contribution in [2.45, 2.75) is 0 Å². The summed E-state index contributed by atoms with van der Waals surface area (Å²) in [6.45, 7) is 0. The second-order valence-electron chi connectivity index (χ2n) is 15.2. The fourth-order valence-corrected chi connectivity index (χ4v) is 8.87. The molecule has 1 heterocycles. The first-order valence-electron chi connectivity index (χ1n) is 20.5. The van der Waals surface area contributed by atoms with Crippen molar-refractivity contribution in [1.82, 2.24) is 0 Å². The third-order valence-corrected chi connectivity index (χ3v) is 11.7. The summed E-state index contributed by atoms with van der Waals surface area (Å²) in [6, 6.07) is 84.9. The Kier molecular flexibility index (Phi) is 8.87. The molecule has 0 aliphatic carbocycles. The zero-order valence-corrected chi connectivity index (χ0v) is 32.9. The van der Waals surface area contributed by atoms with Crippen molar-refractivity contribution in [2.24, 2.45) is 0 Å². The second kappa shape index (κ2) is 15.1. The maximum absolute atomic E-state index is 6.48. The van der Waals surface area contributed by atoms with Gasteiger partial charge in [-0.3, -0.25) is 0 Å². The smallest absolute Gasteiger partial charge is 0.135 e. The third-order valence-electron chi connectivity index (χ3n) is 11.7. The van der Waals surface area contributed by atoms with Crippen molar-refractivity contribution in [3.63, 3.8) is 0 Å². The Hall–Kier alpha value is -7.94. The molecule has 0 bridgehead atoms. The number of hydrogen-bond acceptors (Lipinski definition) is 2. The minimum Gasteiger partial charge on any atom is -0.456 e. The van der Waals surface area contributed by atoms with Gasteiger partial charge in [0.1, 0.15) is 11.5 Å². The maximum atomic E-state index is 6.48. The first-order valence-corrected chi connectivity index (χ1v) is 20.5. The second-order valence-corrected chi connectivity index (χ2v) is 15.2. The molecule has 11 rings (SSSR count). The first-order chi connectivity index (χ1) is 29.8. The molecule has 0 radical (unpaired) electrons. The summed E-state index contributed by atoms with van der Waals surface area (Å²) < 4.78 is 6.48. The molecule has 0 saturated heterocycles. The molecular weight excluding hydrogens is 727 g/mol. The Morgan fingerprint density at radius 1 is 0.267 bits per heavy atom. The minimum atomic E-state index is 0.877. The molecule has 0 N–H and O–H groups in total. The van der Waals surface area contributed by atoms with E-state index in [0.29, 0.717) is 0 Å². The van der Waals surface area contributed by atoms with E-state index in [1.807, 2.05) is 0 Å². The van der Waals surface area contributed by atoms with Crippen LogP contribution in [0.5, 0.6) is 11.5 Å². The normalized spacial score (nSPS) is 11.5. The summed E-state index contributed by atoms with van der Waals surface area (Å²) in [7, 11) is 0. The average molecular weight is 766 g/mol. The summed E-state index contributed by atoms with van der Waals surface area (Å²) in [5.41, 5.74) is 17.3. The topological polar surface area (TPSA) is 12.5 Å². The Labute approximate surface area is 350 Å². The molecule has 2 heteroatoms. The van der Waals surface area contributed by atoms with Crippen molar-refractivity contribution in [3.8, 4) is 78.3 Å². The molecule has 60 heavy (non-hydrogen) atoms. The highest BCUT2D eigenvalue weighted by molar-refractivity contribution is 6.05. The van der Waals surface area contributed by atoms with E-state index in [-0.39, 0.29) is 0 Å². The molecule has 0 fully saturated rings. The van der Waals surface area contributed by atoms with Crippen LogP contribution in [0.25, 0.3) is 77.5 Å². The van der Waals surface area contributed by atoms with Crippen LogP contribution >= 0.6 is 0 Å². The predicted molar refractivity (Wildman–Crippen MR) is 251 cm³/mol. The van der Waals surface area contributed by atoms with E-state index in [0.717, 1.165) is 56.2 Å². The Bertz CT molecular complexity index is 3160. The van der Waals surface area contributed by atoms with Gasteiger partial charge in [-0.05, 0) is 110 Å². The first kappa shape index (κ1) is 35.2. The number of rotatable bonds is 8. The van der Waals surface area contributed by atoms with Gasteiger partial charge in [-0.25, -0.2) is 0 Å². The molecule has 0 atom stereocenters. The molecule has 10 aromatic rings. The van der Waals surface area contributed by atoms with Gasteiger partial charge in [-0.15, -0.1) is 0 Å². The van der Waals surface area contributed by atoms with Gasteiger partial charge in [0.05, 0.1) is 5.69 Å². The summed E-state index contributed by atoms with van der Waals surface area (Å²) in [5, 5.41) is 2.34. The maximum Gasteiger partial charge on any atom is 0.135 e. The quantitative estimate of drug-likeness (QED) is 0.153. The molecule has 0 unspecified atom stereocenters. The number of fused-ring (bicyclic) bond motifs is 2. The van der Waals surface area contributed by atoms with E-state index >= 15 is 0 Å². The Morgan fingerprint density at radius 2 is 0.783 bits per heavy atom. The van der Waals surface area contributed by atoms with Gasteiger partial charge in [-0.2, -0.15) is 0 Å². The van der Waals surface area contributed by atoms with E-state index in [4.69, 9.17) is 4.74 Å². The lowest BCUT2D eigenvalue weighted by Gasteiger charge is -2.29. The molecule has 0 amide bonds. The number of hydrogen-bond donors (Lipinski definition) is 0. The van der Waals surface area contributed by atoms with E-state index in [9.17, 15) is 0 Å². The SMILES string of the molecule is c1ccc(-c2ccc(N(c3cccc(-c4ccc5c(c4)-c4cccc6cccc(c46)O5)c3)c3ccccc3-c3ccccc3-c3ccccc3-c3ccccc3)cc2)cc1. The standard InChI is InChI=1S/C58H39NO/c1-3-16-40(17-4-1)41-32-35-46(36-33-41)59(47-23-13-22-44(38-47)45-34-37-56-54(39-45)53-29-14-20-43-21-15-31-57(60-56)58(43)53)55-30-12-11-28-52(55)51-27-10-9-26-50(51)49-25-8-7-24-48(49)42-18-5-2-6-19-42/h1-39H. The summed E-state index contributed by atoms with van der Waals surface area (Å²) in [6.07, 6.45) is 0. The number of nitrogens with zero attached hydrogens (tertiary/aromatic N) is 1. The van der Waals surface area contributed by atoms with Gasteiger partial charge < -0.3 is 9.64 Å². The zero-order valence-electron chi connectivity index (χ0n) is 32.9. The van der Waals surface area contributed by atoms with Crippen LogP contribution in [0.1, 0.15) is 0 Å². The summed E-state index contributed by atoms with van der Waals surface area (Å²) >= 11 is 0. The molecule has 0 spiro atoms. The van der Waals surface area contributed by atoms with Crippen LogP contribution < -0.4 is 9.64 Å². The van der Waals surface area contributed by atoms with Crippen LogP contribution in [0.15, 0.2) is 237 Å². The van der Waals surface area contributed by atoms with Crippen LogP contribution in [0, 0.1) is 0 Å². The fraction of sp³-hybridized carbons (Fsp3) is 0. The lowest BCUT2D eigenvalue weighted by molar-refractivity contribution is 0.487. The lowest BCUT2D eigenvalue weighted by Crippen LogP contribution is -2.11. The number of benzene rings is 10. The Balaban J connectivity index is 1.07. The highest BCUT2D eigenvalue weighted by Gasteiger charge is 2.23. The van der Waals surface area contributed by atoms with Gasteiger partial charge in [0.25, 0.3) is 0 Å². The number of para-hydroxylation sites is 1. The molecule has 10 aromatic carbocycles. The van der Waals surface area contributed by atoms with E-state index in [2.05, 4.69) is 241 Å². The number of ether oxygens (including phenoxy) is 1. The van der Waals surface area contributed by atoms with Crippen LogP contribution in [0.4, 0.5) is 17.1 Å². The molecule has 0 saturated carbocycles. The highest BCUT2D eigenvalue weighted by Crippen LogP contribution is 2.49. The summed E-state index contributed by atoms with van der Waals surface area (Å²) in [4.78, 5) is 2.41. The van der Waals surface area contributed by atoms with Crippen molar-refractivity contribution in [1.29, 1.82) is 0 Å². The van der Waals surface area contributed by atoms with E-state index < -0.39 is 0 Å². The van der Waals surface area contributed by atoms with Crippen LogP contribution in [-0.2, 0) is 0 Å². The van der Waals surface area contributed by atoms with Crippen molar-refractivity contribution in [3.05, 3.63) is 237 Å². The van der Waals surface area contributed by atoms with Gasteiger partial charge in [0.2, 0.25) is 0 Å². The van der Waals surface area contributed by atoms with Gasteiger partial charge >= 0.3 is 0 Å². The van der Waals surface area contributed by atoms with Gasteiger partial charge in [-0.1, -0.05) is 188 Å². The van der Waals surface area contributed by atoms with Crippen molar-refractivity contribution >= 4 is 27.8 Å². The van der Waals surface area contributed by atoms with Gasteiger partial charge in [0, 0.05) is 27.9 Å².